The standard InChI is InChI=1S/C9H6BrN3OS/c10-6-1-2-8(12-3-6)13-9(14)7-4-11-5-15-7/h1-5H,(H,12,13,14). The van der Waals surface area contributed by atoms with Crippen LogP contribution in [-0.2, 0) is 0 Å². The summed E-state index contributed by atoms with van der Waals surface area (Å²) >= 11 is 4.56. The van der Waals surface area contributed by atoms with Gasteiger partial charge in [0.25, 0.3) is 5.91 Å². The molecular weight excluding hydrogens is 278 g/mol. The summed E-state index contributed by atoms with van der Waals surface area (Å²) < 4.78 is 0.873. The van der Waals surface area contributed by atoms with Gasteiger partial charge in [0.2, 0.25) is 0 Å². The van der Waals surface area contributed by atoms with E-state index in [2.05, 4.69) is 31.2 Å². The minimum Gasteiger partial charge on any atom is -0.306 e. The molecular formula is C9H6BrN3OS. The zero-order valence-electron chi connectivity index (χ0n) is 7.48. The molecule has 0 aliphatic heterocycles. The zero-order valence-corrected chi connectivity index (χ0v) is 9.88. The number of thiazole rings is 1. The van der Waals surface area contributed by atoms with Gasteiger partial charge in [-0.2, -0.15) is 0 Å². The van der Waals surface area contributed by atoms with Gasteiger partial charge >= 0.3 is 0 Å². The van der Waals surface area contributed by atoms with E-state index in [4.69, 9.17) is 0 Å². The smallest absolute Gasteiger partial charge is 0.268 e. The molecule has 0 bridgehead atoms. The number of pyridine rings is 1. The highest BCUT2D eigenvalue weighted by atomic mass is 79.9. The number of amides is 1. The highest BCUT2D eigenvalue weighted by Crippen LogP contribution is 2.12. The van der Waals surface area contributed by atoms with Crippen molar-refractivity contribution in [3.8, 4) is 0 Å². The summed E-state index contributed by atoms with van der Waals surface area (Å²) in [5, 5.41) is 2.67. The van der Waals surface area contributed by atoms with Crippen LogP contribution in [0.15, 0.2) is 34.5 Å². The summed E-state index contributed by atoms with van der Waals surface area (Å²) in [5.74, 6) is 0.337. The van der Waals surface area contributed by atoms with Crippen molar-refractivity contribution >= 4 is 39.0 Å². The van der Waals surface area contributed by atoms with Crippen LogP contribution in [0.1, 0.15) is 9.67 Å². The van der Waals surface area contributed by atoms with E-state index in [0.29, 0.717) is 10.7 Å². The fourth-order valence-electron chi connectivity index (χ4n) is 0.956. The van der Waals surface area contributed by atoms with E-state index < -0.39 is 0 Å². The second-order valence-electron chi connectivity index (χ2n) is 2.68. The maximum Gasteiger partial charge on any atom is 0.268 e. The first-order valence-electron chi connectivity index (χ1n) is 4.07. The number of hydrogen-bond acceptors (Lipinski definition) is 4. The maximum absolute atomic E-state index is 11.6. The van der Waals surface area contributed by atoms with Crippen LogP contribution in [0.2, 0.25) is 0 Å². The number of nitrogens with one attached hydrogen (secondary N) is 1. The van der Waals surface area contributed by atoms with Crippen LogP contribution >= 0.6 is 27.3 Å². The molecule has 1 amide bonds. The first kappa shape index (κ1) is 10.3. The number of carbonyl (C=O) groups is 1. The Balaban J connectivity index is 2.09. The lowest BCUT2D eigenvalue weighted by molar-refractivity contribution is 0.103. The second kappa shape index (κ2) is 4.50. The Morgan fingerprint density at radius 3 is 2.87 bits per heavy atom. The van der Waals surface area contributed by atoms with Crippen LogP contribution in [0.25, 0.3) is 0 Å². The van der Waals surface area contributed by atoms with Crippen molar-refractivity contribution in [2.45, 2.75) is 0 Å². The Morgan fingerprint density at radius 2 is 2.27 bits per heavy atom. The Morgan fingerprint density at radius 1 is 1.40 bits per heavy atom. The van der Waals surface area contributed by atoms with Crippen LogP contribution in [0.5, 0.6) is 0 Å². The van der Waals surface area contributed by atoms with Gasteiger partial charge in [-0.15, -0.1) is 11.3 Å². The van der Waals surface area contributed by atoms with Gasteiger partial charge in [0.15, 0.2) is 0 Å². The molecule has 0 saturated carbocycles. The third-order valence-corrected chi connectivity index (χ3v) is 2.87. The third kappa shape index (κ3) is 2.60. The van der Waals surface area contributed by atoms with Gasteiger partial charge in [-0.25, -0.2) is 4.98 Å². The van der Waals surface area contributed by atoms with Gasteiger partial charge in [-0.1, -0.05) is 0 Å². The molecule has 6 heteroatoms. The van der Waals surface area contributed by atoms with Crippen LogP contribution in [0, 0.1) is 0 Å². The summed E-state index contributed by atoms with van der Waals surface area (Å²) in [5.41, 5.74) is 1.62. The number of halogens is 1. The SMILES string of the molecule is O=C(Nc1ccc(Br)cn1)c1cncs1. The molecule has 0 radical (unpaired) electrons. The van der Waals surface area contributed by atoms with E-state index in [1.807, 2.05) is 6.07 Å². The van der Waals surface area contributed by atoms with Crippen LogP contribution < -0.4 is 5.32 Å². The number of hydrogen-bond donors (Lipinski definition) is 1. The highest BCUT2D eigenvalue weighted by Gasteiger charge is 2.07. The lowest BCUT2D eigenvalue weighted by Crippen LogP contribution is -2.11. The molecule has 4 nitrogen and oxygen atoms in total. The summed E-state index contributed by atoms with van der Waals surface area (Å²) in [6.07, 6.45) is 3.15. The monoisotopic (exact) mass is 283 g/mol. The van der Waals surface area contributed by atoms with Crippen molar-refractivity contribution in [3.05, 3.63) is 39.4 Å². The lowest BCUT2D eigenvalue weighted by atomic mass is 10.4. The van der Waals surface area contributed by atoms with E-state index in [9.17, 15) is 4.79 Å². The average molecular weight is 284 g/mol. The minimum atomic E-state index is -0.188. The van der Waals surface area contributed by atoms with Gasteiger partial charge in [0.05, 0.1) is 11.7 Å². The summed E-state index contributed by atoms with van der Waals surface area (Å²) in [6, 6.07) is 3.54. The van der Waals surface area contributed by atoms with Crippen molar-refractivity contribution in [1.82, 2.24) is 9.97 Å². The third-order valence-electron chi connectivity index (χ3n) is 1.63. The Kier molecular flexibility index (Phi) is 3.08. The molecule has 0 fully saturated rings. The van der Waals surface area contributed by atoms with Crippen molar-refractivity contribution in [1.29, 1.82) is 0 Å². The van der Waals surface area contributed by atoms with Gasteiger partial charge in [0, 0.05) is 10.7 Å². The van der Waals surface area contributed by atoms with Gasteiger partial charge in [-0.3, -0.25) is 9.78 Å². The lowest BCUT2D eigenvalue weighted by Gasteiger charge is -2.01. The molecule has 0 unspecified atom stereocenters. The average Bonchev–Trinajstić information content (AvgIpc) is 2.74. The van der Waals surface area contributed by atoms with Crippen molar-refractivity contribution in [2.24, 2.45) is 0 Å². The molecule has 2 heterocycles. The first-order valence-corrected chi connectivity index (χ1v) is 5.74. The van der Waals surface area contributed by atoms with E-state index >= 15 is 0 Å². The Labute approximate surface area is 98.5 Å². The number of rotatable bonds is 2. The summed E-state index contributed by atoms with van der Waals surface area (Å²) in [7, 11) is 0. The van der Waals surface area contributed by atoms with Gasteiger partial charge in [-0.05, 0) is 28.1 Å². The topological polar surface area (TPSA) is 54.9 Å². The molecule has 0 saturated heterocycles. The van der Waals surface area contributed by atoms with Crippen molar-refractivity contribution < 1.29 is 4.79 Å². The van der Waals surface area contributed by atoms with Gasteiger partial charge in [0.1, 0.15) is 10.7 Å². The fraction of sp³-hybridized carbons (Fsp3) is 0. The summed E-state index contributed by atoms with van der Waals surface area (Å²) in [6.45, 7) is 0. The van der Waals surface area contributed by atoms with Crippen LogP contribution in [-0.4, -0.2) is 15.9 Å². The molecule has 2 aromatic heterocycles. The van der Waals surface area contributed by atoms with Crippen LogP contribution in [0.4, 0.5) is 5.82 Å². The Bertz CT molecular complexity index is 455. The molecule has 76 valence electrons. The Hall–Kier alpha value is -1.27. The molecule has 0 spiro atoms. The van der Waals surface area contributed by atoms with E-state index in [1.54, 1.807) is 17.8 Å². The molecule has 0 aromatic carbocycles. The minimum absolute atomic E-state index is 0.188. The predicted molar refractivity (Wildman–Crippen MR) is 62.0 cm³/mol. The quantitative estimate of drug-likeness (QED) is 0.922. The molecule has 2 aromatic rings. The normalized spacial score (nSPS) is 9.93. The van der Waals surface area contributed by atoms with Gasteiger partial charge < -0.3 is 5.32 Å². The number of anilines is 1. The first-order chi connectivity index (χ1) is 7.25. The van der Waals surface area contributed by atoms with Crippen LogP contribution in [0.3, 0.4) is 0 Å². The fourth-order valence-corrected chi connectivity index (χ4v) is 1.71. The second-order valence-corrected chi connectivity index (χ2v) is 4.48. The van der Waals surface area contributed by atoms with E-state index in [-0.39, 0.29) is 5.91 Å². The molecule has 0 atom stereocenters. The number of nitrogens with zero attached hydrogens (tertiary/aromatic N) is 2. The largest absolute Gasteiger partial charge is 0.306 e. The highest BCUT2D eigenvalue weighted by molar-refractivity contribution is 9.10. The number of carbonyl (C=O) groups excluding carboxylic acids is 1. The van der Waals surface area contributed by atoms with E-state index in [0.717, 1.165) is 4.47 Å². The zero-order chi connectivity index (χ0) is 10.7. The van der Waals surface area contributed by atoms with Crippen molar-refractivity contribution in [3.63, 3.8) is 0 Å². The molecule has 1 N–H and O–H groups in total. The van der Waals surface area contributed by atoms with E-state index in [1.165, 1.54) is 17.5 Å². The predicted octanol–water partition coefficient (Wildman–Crippen LogP) is 2.55. The number of aromatic nitrogens is 2. The molecule has 15 heavy (non-hydrogen) atoms. The van der Waals surface area contributed by atoms with Crippen molar-refractivity contribution in [2.75, 3.05) is 5.32 Å². The molecule has 0 aliphatic carbocycles. The molecule has 2 rings (SSSR count). The molecule has 0 aliphatic rings. The summed E-state index contributed by atoms with van der Waals surface area (Å²) in [4.78, 5) is 20.0. The maximum atomic E-state index is 11.6.